The topological polar surface area (TPSA) is 21.3 Å². The van der Waals surface area contributed by atoms with Crippen LogP contribution in [0.2, 0.25) is 0 Å². The summed E-state index contributed by atoms with van der Waals surface area (Å²) in [6, 6.07) is 0. The second-order valence-corrected chi connectivity index (χ2v) is 2.40. The van der Waals surface area contributed by atoms with E-state index in [2.05, 4.69) is 30.2 Å². The summed E-state index contributed by atoms with van der Waals surface area (Å²) in [5.74, 6) is 0.577. The molecule has 54 valence electrons. The highest BCUT2D eigenvalue weighted by Gasteiger charge is 1.87. The first kappa shape index (κ1) is 8.50. The third kappa shape index (κ3) is 5.37. The summed E-state index contributed by atoms with van der Waals surface area (Å²) in [5.41, 5.74) is 3.80. The predicted octanol–water partition coefficient (Wildman–Crippen LogP) is 1.70. The van der Waals surface area contributed by atoms with E-state index in [0.29, 0.717) is 5.92 Å². The van der Waals surface area contributed by atoms with Gasteiger partial charge < -0.3 is 0 Å². The van der Waals surface area contributed by atoms with E-state index in [4.69, 9.17) is 0 Å². The van der Waals surface area contributed by atoms with Crippen molar-refractivity contribution in [1.29, 1.82) is 0 Å². The van der Waals surface area contributed by atoms with E-state index >= 15 is 0 Å². The van der Waals surface area contributed by atoms with Crippen molar-refractivity contribution in [1.82, 2.24) is 5.48 Å². The third-order valence-electron chi connectivity index (χ3n) is 0.846. The monoisotopic (exact) mass is 129 g/mol. The van der Waals surface area contributed by atoms with Crippen molar-refractivity contribution in [3.05, 3.63) is 11.8 Å². The molecule has 2 heteroatoms. The number of rotatable bonds is 3. The van der Waals surface area contributed by atoms with E-state index < -0.39 is 0 Å². The zero-order chi connectivity index (χ0) is 7.28. The zero-order valence-electron chi connectivity index (χ0n) is 6.56. The molecular weight excluding hydrogens is 114 g/mol. The maximum absolute atomic E-state index is 4.69. The van der Waals surface area contributed by atoms with Gasteiger partial charge in [-0.25, -0.2) is 0 Å². The summed E-state index contributed by atoms with van der Waals surface area (Å²) >= 11 is 0. The minimum absolute atomic E-state index is 0.577. The van der Waals surface area contributed by atoms with Gasteiger partial charge in [0.2, 0.25) is 0 Å². The van der Waals surface area contributed by atoms with E-state index in [1.54, 1.807) is 7.11 Å². The largest absolute Gasteiger partial charge is 0.280 e. The van der Waals surface area contributed by atoms with Crippen LogP contribution in [0.4, 0.5) is 0 Å². The first-order valence-corrected chi connectivity index (χ1v) is 3.14. The van der Waals surface area contributed by atoms with E-state index in [9.17, 15) is 0 Å². The molecule has 0 aromatic heterocycles. The Morgan fingerprint density at radius 2 is 2.11 bits per heavy atom. The molecule has 0 rings (SSSR count). The van der Waals surface area contributed by atoms with Gasteiger partial charge in [-0.1, -0.05) is 19.9 Å². The average molecular weight is 129 g/mol. The Kier molecular flexibility index (Phi) is 4.14. The van der Waals surface area contributed by atoms with Crippen molar-refractivity contribution in [2.75, 3.05) is 7.11 Å². The number of hydrogen-bond acceptors (Lipinski definition) is 2. The van der Waals surface area contributed by atoms with Gasteiger partial charge in [0.1, 0.15) is 0 Å². The van der Waals surface area contributed by atoms with Gasteiger partial charge in [-0.15, -0.1) is 0 Å². The van der Waals surface area contributed by atoms with Crippen molar-refractivity contribution in [3.8, 4) is 0 Å². The van der Waals surface area contributed by atoms with Crippen LogP contribution >= 0.6 is 0 Å². The second kappa shape index (κ2) is 4.39. The molecule has 0 aliphatic rings. The summed E-state index contributed by atoms with van der Waals surface area (Å²) in [7, 11) is 1.61. The van der Waals surface area contributed by atoms with Crippen LogP contribution in [0, 0.1) is 5.92 Å². The van der Waals surface area contributed by atoms with Gasteiger partial charge in [0.15, 0.2) is 0 Å². The molecule has 0 amide bonds. The third-order valence-corrected chi connectivity index (χ3v) is 0.846. The number of hydroxylamine groups is 1. The lowest BCUT2D eigenvalue weighted by Gasteiger charge is -2.03. The van der Waals surface area contributed by atoms with Crippen molar-refractivity contribution < 1.29 is 4.84 Å². The highest BCUT2D eigenvalue weighted by molar-refractivity contribution is 4.94. The lowest BCUT2D eigenvalue weighted by atomic mass is 10.2. The lowest BCUT2D eigenvalue weighted by molar-refractivity contribution is 0.117. The molecule has 0 saturated heterocycles. The van der Waals surface area contributed by atoms with Gasteiger partial charge in [0, 0.05) is 5.70 Å². The molecule has 0 unspecified atom stereocenters. The van der Waals surface area contributed by atoms with Gasteiger partial charge in [0.05, 0.1) is 7.11 Å². The summed E-state index contributed by atoms with van der Waals surface area (Å²) in [6.07, 6.45) is 2.10. The Hall–Kier alpha value is -0.500. The van der Waals surface area contributed by atoms with Gasteiger partial charge in [0.25, 0.3) is 0 Å². The molecule has 0 heterocycles. The Morgan fingerprint density at radius 3 is 2.44 bits per heavy atom. The van der Waals surface area contributed by atoms with Crippen molar-refractivity contribution >= 4 is 0 Å². The average Bonchev–Trinajstić information content (AvgIpc) is 1.63. The fraction of sp³-hybridized carbons (Fsp3) is 0.714. The quantitative estimate of drug-likeness (QED) is 0.585. The molecule has 9 heavy (non-hydrogen) atoms. The summed E-state index contributed by atoms with van der Waals surface area (Å²) in [4.78, 5) is 4.69. The lowest BCUT2D eigenvalue weighted by Crippen LogP contribution is -2.08. The highest BCUT2D eigenvalue weighted by Crippen LogP contribution is 1.97. The molecular formula is C7H15NO. The smallest absolute Gasteiger partial charge is 0.0636 e. The minimum atomic E-state index is 0.577. The van der Waals surface area contributed by atoms with E-state index in [-0.39, 0.29) is 0 Å². The first-order chi connectivity index (χ1) is 4.16. The van der Waals surface area contributed by atoms with Crippen molar-refractivity contribution in [2.45, 2.75) is 20.8 Å². The summed E-state index contributed by atoms with van der Waals surface area (Å²) in [6.45, 7) is 6.23. The van der Waals surface area contributed by atoms with E-state index in [1.807, 2.05) is 6.92 Å². The summed E-state index contributed by atoms with van der Waals surface area (Å²) < 4.78 is 0. The maximum atomic E-state index is 4.69. The number of hydrogen-bond donors (Lipinski definition) is 1. The molecule has 0 bridgehead atoms. The molecule has 0 saturated carbocycles. The molecule has 0 fully saturated rings. The van der Waals surface area contributed by atoms with Crippen LogP contribution in [0.15, 0.2) is 11.8 Å². The fourth-order valence-electron chi connectivity index (χ4n) is 0.695. The number of nitrogens with one attached hydrogen (secondary N) is 1. The van der Waals surface area contributed by atoms with Crippen molar-refractivity contribution in [2.24, 2.45) is 5.92 Å². The molecule has 0 aromatic carbocycles. The molecule has 1 N–H and O–H groups in total. The van der Waals surface area contributed by atoms with Gasteiger partial charge >= 0.3 is 0 Å². The van der Waals surface area contributed by atoms with Crippen LogP contribution in [0.25, 0.3) is 0 Å². The van der Waals surface area contributed by atoms with Crippen molar-refractivity contribution in [3.63, 3.8) is 0 Å². The Morgan fingerprint density at radius 1 is 1.56 bits per heavy atom. The SMILES string of the molecule is CONC(C)=CC(C)C. The molecule has 0 spiro atoms. The van der Waals surface area contributed by atoms with Crippen LogP contribution in [0.5, 0.6) is 0 Å². The van der Waals surface area contributed by atoms with Gasteiger partial charge in [-0.3, -0.25) is 10.3 Å². The Balaban J connectivity index is 3.55. The highest BCUT2D eigenvalue weighted by atomic mass is 16.6. The van der Waals surface area contributed by atoms with E-state index in [1.165, 1.54) is 0 Å². The normalized spacial score (nSPS) is 12.3. The molecule has 0 aromatic rings. The van der Waals surface area contributed by atoms with Crippen LogP contribution < -0.4 is 5.48 Å². The molecule has 0 aliphatic carbocycles. The number of allylic oxidation sites excluding steroid dienone is 2. The molecule has 0 radical (unpaired) electrons. The van der Waals surface area contributed by atoms with Gasteiger partial charge in [-0.2, -0.15) is 0 Å². The first-order valence-electron chi connectivity index (χ1n) is 3.14. The molecule has 0 atom stereocenters. The predicted molar refractivity (Wildman–Crippen MR) is 38.7 cm³/mol. The maximum Gasteiger partial charge on any atom is 0.0636 e. The summed E-state index contributed by atoms with van der Waals surface area (Å²) in [5, 5.41) is 0. The standard InChI is InChI=1S/C7H15NO/c1-6(2)5-7(3)8-9-4/h5-6,8H,1-4H3. The van der Waals surface area contributed by atoms with Crippen LogP contribution in [0.1, 0.15) is 20.8 Å². The Bertz CT molecular complexity index is 97.1. The minimum Gasteiger partial charge on any atom is -0.280 e. The molecule has 0 aliphatic heterocycles. The van der Waals surface area contributed by atoms with Crippen LogP contribution in [-0.4, -0.2) is 7.11 Å². The second-order valence-electron chi connectivity index (χ2n) is 2.40. The van der Waals surface area contributed by atoms with E-state index in [0.717, 1.165) is 5.70 Å². The molecule has 2 nitrogen and oxygen atoms in total. The fourth-order valence-corrected chi connectivity index (χ4v) is 0.695. The van der Waals surface area contributed by atoms with Crippen LogP contribution in [-0.2, 0) is 4.84 Å². The Labute approximate surface area is 56.9 Å². The zero-order valence-corrected chi connectivity index (χ0v) is 6.56. The van der Waals surface area contributed by atoms with Gasteiger partial charge in [-0.05, 0) is 12.8 Å². The van der Waals surface area contributed by atoms with Crippen LogP contribution in [0.3, 0.4) is 0 Å².